The summed E-state index contributed by atoms with van der Waals surface area (Å²) in [5, 5.41) is 14.3. The Balaban J connectivity index is 0.974. The highest BCUT2D eigenvalue weighted by molar-refractivity contribution is 6.34. The monoisotopic (exact) mass is 974 g/mol. The molecule has 0 bridgehead atoms. The zero-order valence-electron chi connectivity index (χ0n) is 42.2. The fourth-order valence-corrected chi connectivity index (χ4v) is 13.6. The fraction of sp³-hybridized carbons (Fsp3) is 0.0571. The number of hydrogen-bond acceptors (Lipinski definition) is 4. The highest BCUT2D eigenvalue weighted by atomic mass is 16.3. The Morgan fingerprint density at radius 3 is 1.11 bits per heavy atom. The summed E-state index contributed by atoms with van der Waals surface area (Å²) in [6.07, 6.45) is 0. The van der Waals surface area contributed by atoms with Crippen molar-refractivity contribution in [2.24, 2.45) is 0 Å². The largest absolute Gasteiger partial charge is 0.454 e. The second-order valence-electron chi connectivity index (χ2n) is 21.0. The first-order chi connectivity index (χ1) is 37.4. The summed E-state index contributed by atoms with van der Waals surface area (Å²) in [5.41, 5.74) is 22.1. The van der Waals surface area contributed by atoms with Crippen molar-refractivity contribution >= 4 is 154 Å². The number of rotatable bonds is 6. The molecule has 0 aliphatic rings. The standard InChI is InChI=1S/C70H46N4O2/c1-39-27-31-43(32-28-39)71(57-23-13-19-47-45-15-7-11-25-59(45)75-69(47)57)55-37-35-51-61-41(3)66-62(42(4)65(61)73-53-21-9-5-17-49(53)63(55)67(51)73)52-36-38-56(64-50-18-6-10-22-54(50)74(66)68(52)64)72(44-33-29-40(2)30-34-44)58-24-14-20-48-46-16-8-12-26-60(46)76-70(48)58/h5-38H,1-4H3. The Morgan fingerprint density at radius 2 is 0.671 bits per heavy atom. The van der Waals surface area contributed by atoms with Crippen LogP contribution in [0.1, 0.15) is 22.3 Å². The third-order valence-electron chi connectivity index (χ3n) is 16.8. The van der Waals surface area contributed by atoms with Crippen molar-refractivity contribution < 1.29 is 8.83 Å². The number of aryl methyl sites for hydroxylation is 4. The summed E-state index contributed by atoms with van der Waals surface area (Å²) in [6, 6.07) is 75.2. The minimum atomic E-state index is 0.868. The molecule has 0 N–H and O–H groups in total. The van der Waals surface area contributed by atoms with Gasteiger partial charge in [0, 0.05) is 76.0 Å². The van der Waals surface area contributed by atoms with Gasteiger partial charge < -0.3 is 27.4 Å². The summed E-state index contributed by atoms with van der Waals surface area (Å²) in [4.78, 5) is 4.85. The summed E-state index contributed by atoms with van der Waals surface area (Å²) in [6.45, 7) is 9.03. The molecule has 6 heterocycles. The van der Waals surface area contributed by atoms with Crippen molar-refractivity contribution in [3.8, 4) is 0 Å². The lowest BCUT2D eigenvalue weighted by Gasteiger charge is -2.26. The van der Waals surface area contributed by atoms with Crippen LogP contribution < -0.4 is 9.80 Å². The molecule has 6 aromatic heterocycles. The fourth-order valence-electron chi connectivity index (χ4n) is 13.6. The molecule has 0 saturated carbocycles. The molecule has 0 fully saturated rings. The van der Waals surface area contributed by atoms with Crippen molar-refractivity contribution in [3.05, 3.63) is 229 Å². The van der Waals surface area contributed by atoms with E-state index in [1.54, 1.807) is 0 Å². The minimum Gasteiger partial charge on any atom is -0.454 e. The number of nitrogens with zero attached hydrogens (tertiary/aromatic N) is 4. The van der Waals surface area contributed by atoms with E-state index in [1.807, 2.05) is 0 Å². The molecule has 6 heteroatoms. The van der Waals surface area contributed by atoms with Crippen molar-refractivity contribution in [2.45, 2.75) is 27.7 Å². The zero-order valence-corrected chi connectivity index (χ0v) is 42.2. The Bertz CT molecular complexity index is 4950. The van der Waals surface area contributed by atoms with Gasteiger partial charge in [0.1, 0.15) is 11.2 Å². The van der Waals surface area contributed by atoms with Crippen LogP contribution in [0.4, 0.5) is 34.1 Å². The van der Waals surface area contributed by atoms with Crippen LogP contribution in [0.2, 0.25) is 0 Å². The average Bonchev–Trinajstić information content (AvgIpc) is 4.48. The SMILES string of the molecule is Cc1ccc(N(c2cccc3c2oc2ccccc23)c2ccc3c4c(C)c5c(c(C)c4n4c6ccccc6c2c34)c2ccc(N(c3ccc(C)cc3)c3cccc4c3oc3ccccc34)c3c4ccccc4n5c23)cc1. The van der Waals surface area contributed by atoms with Crippen LogP contribution in [0, 0.1) is 27.7 Å². The Hall–Kier alpha value is -9.78. The summed E-state index contributed by atoms with van der Waals surface area (Å²) < 4.78 is 18.8. The van der Waals surface area contributed by atoms with Crippen LogP contribution in [0.5, 0.6) is 0 Å². The van der Waals surface area contributed by atoms with Gasteiger partial charge in [-0.1, -0.05) is 145 Å². The molecule has 17 rings (SSSR count). The van der Waals surface area contributed by atoms with Crippen LogP contribution in [0.25, 0.3) is 120 Å². The lowest BCUT2D eigenvalue weighted by Crippen LogP contribution is -2.10. The number of hydrogen-bond donors (Lipinski definition) is 0. The maximum absolute atomic E-state index is 6.82. The maximum atomic E-state index is 6.82. The molecular weight excluding hydrogens is 929 g/mol. The van der Waals surface area contributed by atoms with Gasteiger partial charge in [-0.2, -0.15) is 0 Å². The van der Waals surface area contributed by atoms with E-state index >= 15 is 0 Å². The highest BCUT2D eigenvalue weighted by Crippen LogP contribution is 2.54. The van der Waals surface area contributed by atoms with E-state index in [4.69, 9.17) is 8.83 Å². The molecule has 0 aliphatic carbocycles. The molecule has 0 amide bonds. The third kappa shape index (κ3) is 5.29. The highest BCUT2D eigenvalue weighted by Gasteiger charge is 2.32. The van der Waals surface area contributed by atoms with Crippen LogP contribution in [-0.4, -0.2) is 8.80 Å². The maximum Gasteiger partial charge on any atom is 0.159 e. The van der Waals surface area contributed by atoms with Gasteiger partial charge >= 0.3 is 0 Å². The first kappa shape index (κ1) is 41.7. The van der Waals surface area contributed by atoms with Gasteiger partial charge in [0.05, 0.1) is 55.8 Å². The first-order valence-electron chi connectivity index (χ1n) is 26.3. The van der Waals surface area contributed by atoms with Gasteiger partial charge in [0.2, 0.25) is 0 Å². The van der Waals surface area contributed by atoms with E-state index in [2.05, 4.69) is 253 Å². The van der Waals surface area contributed by atoms with E-state index in [1.165, 1.54) is 98.4 Å². The number of anilines is 6. The Kier molecular flexibility index (Phi) is 8.19. The smallest absolute Gasteiger partial charge is 0.159 e. The number of benzene rings is 11. The Morgan fingerprint density at radius 1 is 0.289 bits per heavy atom. The number of para-hydroxylation sites is 6. The lowest BCUT2D eigenvalue weighted by atomic mass is 9.96. The lowest BCUT2D eigenvalue weighted by molar-refractivity contribution is 0.669. The minimum absolute atomic E-state index is 0.868. The van der Waals surface area contributed by atoms with Crippen LogP contribution in [0.3, 0.4) is 0 Å². The van der Waals surface area contributed by atoms with Gasteiger partial charge in [0.25, 0.3) is 0 Å². The number of fused-ring (bicyclic) bond motifs is 18. The molecule has 0 radical (unpaired) electrons. The normalized spacial score (nSPS) is 12.5. The van der Waals surface area contributed by atoms with Gasteiger partial charge in [-0.15, -0.1) is 0 Å². The van der Waals surface area contributed by atoms with Gasteiger partial charge in [-0.05, 0) is 112 Å². The van der Waals surface area contributed by atoms with Crippen LogP contribution in [0.15, 0.2) is 215 Å². The van der Waals surface area contributed by atoms with Crippen molar-refractivity contribution in [3.63, 3.8) is 0 Å². The second kappa shape index (κ2) is 14.9. The predicted molar refractivity (Wildman–Crippen MR) is 319 cm³/mol. The van der Waals surface area contributed by atoms with Gasteiger partial charge in [-0.25, -0.2) is 0 Å². The van der Waals surface area contributed by atoms with E-state index in [0.29, 0.717) is 0 Å². The molecule has 11 aromatic carbocycles. The molecular formula is C70H46N4O2. The number of furan rings is 2. The Labute approximate surface area is 435 Å². The first-order valence-corrected chi connectivity index (χ1v) is 26.3. The average molecular weight is 975 g/mol. The summed E-state index contributed by atoms with van der Waals surface area (Å²) >= 11 is 0. The quantitative estimate of drug-likeness (QED) is 0.166. The van der Waals surface area contributed by atoms with E-state index in [-0.39, 0.29) is 0 Å². The molecule has 0 atom stereocenters. The van der Waals surface area contributed by atoms with Crippen LogP contribution in [-0.2, 0) is 0 Å². The van der Waals surface area contributed by atoms with E-state index in [9.17, 15) is 0 Å². The van der Waals surface area contributed by atoms with Gasteiger partial charge in [-0.3, -0.25) is 0 Å². The third-order valence-corrected chi connectivity index (χ3v) is 16.8. The van der Waals surface area contributed by atoms with Crippen molar-refractivity contribution in [2.75, 3.05) is 9.80 Å². The summed E-state index contributed by atoms with van der Waals surface area (Å²) in [7, 11) is 0. The van der Waals surface area contributed by atoms with Crippen molar-refractivity contribution in [1.82, 2.24) is 8.80 Å². The van der Waals surface area contributed by atoms with Crippen molar-refractivity contribution in [1.29, 1.82) is 0 Å². The predicted octanol–water partition coefficient (Wildman–Crippen LogP) is 20.0. The molecule has 0 saturated heterocycles. The molecule has 6 nitrogen and oxygen atoms in total. The molecule has 76 heavy (non-hydrogen) atoms. The number of aromatic nitrogens is 2. The molecule has 17 aromatic rings. The molecule has 0 spiro atoms. The van der Waals surface area contributed by atoms with E-state index in [0.717, 1.165) is 78.0 Å². The topological polar surface area (TPSA) is 41.6 Å². The van der Waals surface area contributed by atoms with Crippen LogP contribution >= 0.6 is 0 Å². The van der Waals surface area contributed by atoms with E-state index < -0.39 is 0 Å². The second-order valence-corrected chi connectivity index (χ2v) is 21.0. The molecule has 358 valence electrons. The molecule has 0 aliphatic heterocycles. The van der Waals surface area contributed by atoms with Gasteiger partial charge in [0.15, 0.2) is 11.2 Å². The zero-order chi connectivity index (χ0) is 50.2. The molecule has 0 unspecified atom stereocenters. The summed E-state index contributed by atoms with van der Waals surface area (Å²) in [5.74, 6) is 0.